The molecular weight excluding hydrogens is 231 g/mol. The van der Waals surface area contributed by atoms with E-state index in [1.807, 2.05) is 0 Å². The summed E-state index contributed by atoms with van der Waals surface area (Å²) in [6.45, 7) is 3.35. The van der Waals surface area contributed by atoms with Crippen molar-refractivity contribution in [3.8, 4) is 0 Å². The molecule has 3 nitrogen and oxygen atoms in total. The molecule has 0 aliphatic rings. The number of hydrogen-bond acceptors (Lipinski definition) is 2. The average molecular weight is 249 g/mol. The predicted octanol–water partition coefficient (Wildman–Crippen LogP) is 2.72. The normalized spacial score (nSPS) is 12.1. The Morgan fingerprint density at radius 3 is 2.59 bits per heavy atom. The lowest BCUT2D eigenvalue weighted by Gasteiger charge is -2.03. The fraction of sp³-hybridized carbons (Fsp3) is 0.727. The highest BCUT2D eigenvalue weighted by Gasteiger charge is 2.34. The standard InChI is InChI=1S/C11H18F3N3/c1-3-4-5-6-15-8-9-7-10(11(12,13)14)16-17(9)2/h7,15H,3-6,8H2,1-2H3. The van der Waals surface area contributed by atoms with Crippen molar-refractivity contribution < 1.29 is 13.2 Å². The smallest absolute Gasteiger partial charge is 0.311 e. The molecule has 0 amide bonds. The van der Waals surface area contributed by atoms with Crippen molar-refractivity contribution in [3.05, 3.63) is 17.5 Å². The molecule has 0 unspecified atom stereocenters. The molecule has 6 heteroatoms. The summed E-state index contributed by atoms with van der Waals surface area (Å²) in [6, 6.07) is 1.09. The predicted molar refractivity (Wildman–Crippen MR) is 59.4 cm³/mol. The van der Waals surface area contributed by atoms with Crippen LogP contribution >= 0.6 is 0 Å². The second-order valence-corrected chi connectivity index (χ2v) is 4.03. The van der Waals surface area contributed by atoms with Gasteiger partial charge in [0.1, 0.15) is 0 Å². The summed E-state index contributed by atoms with van der Waals surface area (Å²) >= 11 is 0. The van der Waals surface area contributed by atoms with Crippen molar-refractivity contribution in [1.29, 1.82) is 0 Å². The first-order valence-corrected chi connectivity index (χ1v) is 5.76. The number of nitrogens with one attached hydrogen (secondary N) is 1. The summed E-state index contributed by atoms with van der Waals surface area (Å²) < 4.78 is 38.4. The number of hydrogen-bond donors (Lipinski definition) is 1. The Morgan fingerprint density at radius 1 is 1.35 bits per heavy atom. The zero-order valence-corrected chi connectivity index (χ0v) is 10.1. The van der Waals surface area contributed by atoms with E-state index in [0.717, 1.165) is 31.9 Å². The van der Waals surface area contributed by atoms with E-state index in [9.17, 15) is 13.2 Å². The highest BCUT2D eigenvalue weighted by molar-refractivity contribution is 5.12. The van der Waals surface area contributed by atoms with Gasteiger partial charge in [-0.15, -0.1) is 0 Å². The van der Waals surface area contributed by atoms with Gasteiger partial charge in [-0.3, -0.25) is 4.68 Å². The van der Waals surface area contributed by atoms with Crippen molar-refractivity contribution in [2.75, 3.05) is 6.54 Å². The van der Waals surface area contributed by atoms with Crippen molar-refractivity contribution >= 4 is 0 Å². The molecule has 0 saturated carbocycles. The van der Waals surface area contributed by atoms with Gasteiger partial charge in [0.15, 0.2) is 5.69 Å². The number of unbranched alkanes of at least 4 members (excludes halogenated alkanes) is 2. The molecule has 0 radical (unpaired) electrons. The average Bonchev–Trinajstić information content (AvgIpc) is 2.60. The first-order valence-electron chi connectivity index (χ1n) is 5.76. The summed E-state index contributed by atoms with van der Waals surface area (Å²) in [6.07, 6.45) is -1.06. The van der Waals surface area contributed by atoms with E-state index in [2.05, 4.69) is 17.3 Å². The van der Waals surface area contributed by atoms with Gasteiger partial charge in [-0.25, -0.2) is 0 Å². The van der Waals surface area contributed by atoms with Gasteiger partial charge in [-0.2, -0.15) is 18.3 Å². The molecule has 1 aromatic heterocycles. The molecule has 0 aliphatic heterocycles. The van der Waals surface area contributed by atoms with Gasteiger partial charge in [0.05, 0.1) is 5.69 Å². The SMILES string of the molecule is CCCCCNCc1cc(C(F)(F)F)nn1C. The van der Waals surface area contributed by atoms with Crippen LogP contribution in [-0.2, 0) is 19.8 Å². The third-order valence-electron chi connectivity index (χ3n) is 2.53. The monoisotopic (exact) mass is 249 g/mol. The molecular formula is C11H18F3N3. The molecule has 1 rings (SSSR count). The number of halogens is 3. The second-order valence-electron chi connectivity index (χ2n) is 4.03. The van der Waals surface area contributed by atoms with E-state index in [0.29, 0.717) is 12.2 Å². The Bertz CT molecular complexity index is 344. The van der Waals surface area contributed by atoms with Gasteiger partial charge in [-0.1, -0.05) is 19.8 Å². The van der Waals surface area contributed by atoms with Gasteiger partial charge >= 0.3 is 6.18 Å². The Morgan fingerprint density at radius 2 is 2.06 bits per heavy atom. The fourth-order valence-corrected chi connectivity index (χ4v) is 1.53. The number of aryl methyl sites for hydroxylation is 1. The molecule has 1 heterocycles. The van der Waals surface area contributed by atoms with E-state index in [1.165, 1.54) is 11.7 Å². The van der Waals surface area contributed by atoms with Crippen LogP contribution in [0.25, 0.3) is 0 Å². The molecule has 1 aromatic rings. The van der Waals surface area contributed by atoms with Crippen LogP contribution in [-0.4, -0.2) is 16.3 Å². The lowest BCUT2D eigenvalue weighted by molar-refractivity contribution is -0.141. The molecule has 0 bridgehead atoms. The summed E-state index contributed by atoms with van der Waals surface area (Å²) in [5.41, 5.74) is -0.279. The maximum atomic E-state index is 12.4. The van der Waals surface area contributed by atoms with Crippen LogP contribution in [0, 0.1) is 0 Å². The largest absolute Gasteiger partial charge is 0.435 e. The van der Waals surface area contributed by atoms with Crippen LogP contribution in [0.3, 0.4) is 0 Å². The first-order chi connectivity index (χ1) is 7.95. The highest BCUT2D eigenvalue weighted by atomic mass is 19.4. The maximum Gasteiger partial charge on any atom is 0.435 e. The van der Waals surface area contributed by atoms with Gasteiger partial charge < -0.3 is 5.32 Å². The molecule has 0 fully saturated rings. The van der Waals surface area contributed by atoms with E-state index in [-0.39, 0.29) is 0 Å². The Labute approximate surface area is 99.0 Å². The van der Waals surface area contributed by atoms with Gasteiger partial charge in [0.2, 0.25) is 0 Å². The molecule has 0 saturated heterocycles. The number of rotatable bonds is 6. The lowest BCUT2D eigenvalue weighted by atomic mass is 10.2. The van der Waals surface area contributed by atoms with E-state index < -0.39 is 11.9 Å². The Balaban J connectivity index is 2.46. The maximum absolute atomic E-state index is 12.4. The highest BCUT2D eigenvalue weighted by Crippen LogP contribution is 2.28. The van der Waals surface area contributed by atoms with Crippen LogP contribution in [0.4, 0.5) is 13.2 Å². The fourth-order valence-electron chi connectivity index (χ4n) is 1.53. The zero-order valence-electron chi connectivity index (χ0n) is 10.1. The van der Waals surface area contributed by atoms with Crippen LogP contribution in [0.15, 0.2) is 6.07 Å². The minimum atomic E-state index is -4.36. The van der Waals surface area contributed by atoms with Gasteiger partial charge in [0.25, 0.3) is 0 Å². The van der Waals surface area contributed by atoms with Crippen LogP contribution < -0.4 is 5.32 Å². The Hall–Kier alpha value is -1.04. The lowest BCUT2D eigenvalue weighted by Crippen LogP contribution is -2.16. The second kappa shape index (κ2) is 6.05. The van der Waals surface area contributed by atoms with Crippen molar-refractivity contribution in [1.82, 2.24) is 15.1 Å². The van der Waals surface area contributed by atoms with Gasteiger partial charge in [0, 0.05) is 13.6 Å². The van der Waals surface area contributed by atoms with Crippen LogP contribution in [0.2, 0.25) is 0 Å². The molecule has 0 aliphatic carbocycles. The van der Waals surface area contributed by atoms with Crippen LogP contribution in [0.5, 0.6) is 0 Å². The molecule has 17 heavy (non-hydrogen) atoms. The summed E-state index contributed by atoms with van der Waals surface area (Å²) in [5, 5.41) is 6.56. The molecule has 98 valence electrons. The van der Waals surface area contributed by atoms with E-state index >= 15 is 0 Å². The van der Waals surface area contributed by atoms with Crippen molar-refractivity contribution in [2.24, 2.45) is 7.05 Å². The minimum Gasteiger partial charge on any atom is -0.311 e. The molecule has 0 spiro atoms. The van der Waals surface area contributed by atoms with Crippen molar-refractivity contribution in [2.45, 2.75) is 38.9 Å². The summed E-state index contributed by atoms with van der Waals surface area (Å²) in [4.78, 5) is 0. The number of aromatic nitrogens is 2. The van der Waals surface area contributed by atoms with Crippen LogP contribution in [0.1, 0.15) is 37.6 Å². The summed E-state index contributed by atoms with van der Waals surface area (Å²) in [5.74, 6) is 0. The molecule has 0 atom stereocenters. The minimum absolute atomic E-state index is 0.420. The van der Waals surface area contributed by atoms with Crippen molar-refractivity contribution in [3.63, 3.8) is 0 Å². The zero-order chi connectivity index (χ0) is 12.9. The molecule has 1 N–H and O–H groups in total. The number of nitrogens with zero attached hydrogens (tertiary/aromatic N) is 2. The topological polar surface area (TPSA) is 29.9 Å². The van der Waals surface area contributed by atoms with E-state index in [1.54, 1.807) is 0 Å². The quantitative estimate of drug-likeness (QED) is 0.786. The summed E-state index contributed by atoms with van der Waals surface area (Å²) in [7, 11) is 1.53. The molecule has 0 aromatic carbocycles. The van der Waals surface area contributed by atoms with Gasteiger partial charge in [-0.05, 0) is 19.0 Å². The number of alkyl halides is 3. The first kappa shape index (κ1) is 14.0. The van der Waals surface area contributed by atoms with E-state index in [4.69, 9.17) is 0 Å². The third kappa shape index (κ3) is 4.38. The third-order valence-corrected chi connectivity index (χ3v) is 2.53. The Kier molecular flexibility index (Phi) is 4.99.